The molecule has 0 saturated carbocycles. The maximum atomic E-state index is 13.6. The van der Waals surface area contributed by atoms with E-state index in [1.165, 1.54) is 24.4 Å². The number of halogens is 2. The largest absolute Gasteiger partial charge is 0.348 e. The number of piperazine rings is 1. The van der Waals surface area contributed by atoms with Crippen molar-refractivity contribution in [3.05, 3.63) is 56.9 Å². The maximum absolute atomic E-state index is 13.6. The van der Waals surface area contributed by atoms with Gasteiger partial charge in [0.1, 0.15) is 5.82 Å². The summed E-state index contributed by atoms with van der Waals surface area (Å²) in [5, 5.41) is 13.8. The van der Waals surface area contributed by atoms with Crippen molar-refractivity contribution in [2.45, 2.75) is 0 Å². The molecule has 1 aromatic heterocycles. The highest BCUT2D eigenvalue weighted by Crippen LogP contribution is 2.29. The van der Waals surface area contributed by atoms with Crippen LogP contribution in [0.25, 0.3) is 0 Å². The first-order chi connectivity index (χ1) is 12.9. The van der Waals surface area contributed by atoms with E-state index in [0.29, 0.717) is 36.5 Å². The molecule has 0 atom stereocenters. The fourth-order valence-electron chi connectivity index (χ4n) is 2.87. The van der Waals surface area contributed by atoms with Crippen LogP contribution in [0.1, 0.15) is 0 Å². The standard InChI is InChI=1S/C17H17BrFN5O3/c18-12-9-15(24(26)27)17(20-10-12)23-7-5-22(6-8-23)11-16(25)21-14-4-2-1-3-13(14)19/h1-4,9-10H,5-8,11H2,(H,21,25). The van der Waals surface area contributed by atoms with Gasteiger partial charge in [0.2, 0.25) is 11.7 Å². The van der Waals surface area contributed by atoms with Crippen LogP contribution < -0.4 is 10.2 Å². The van der Waals surface area contributed by atoms with Gasteiger partial charge in [-0.05, 0) is 28.1 Å². The summed E-state index contributed by atoms with van der Waals surface area (Å²) < 4.78 is 14.1. The number of nitro groups is 1. The van der Waals surface area contributed by atoms with Gasteiger partial charge in [0.05, 0.1) is 17.2 Å². The summed E-state index contributed by atoms with van der Waals surface area (Å²) in [6.07, 6.45) is 1.52. The van der Waals surface area contributed by atoms with Crippen LogP contribution in [0, 0.1) is 15.9 Å². The number of pyridine rings is 1. The number of amides is 1. The fraction of sp³-hybridized carbons (Fsp3) is 0.294. The predicted molar refractivity (Wildman–Crippen MR) is 102 cm³/mol. The molecule has 2 aromatic rings. The summed E-state index contributed by atoms with van der Waals surface area (Å²) in [6.45, 7) is 2.21. The zero-order valence-electron chi connectivity index (χ0n) is 14.3. The Morgan fingerprint density at radius 2 is 2.00 bits per heavy atom. The molecule has 10 heteroatoms. The lowest BCUT2D eigenvalue weighted by Gasteiger charge is -2.34. The Morgan fingerprint density at radius 3 is 2.67 bits per heavy atom. The smallest absolute Gasteiger partial charge is 0.312 e. The van der Waals surface area contributed by atoms with E-state index >= 15 is 0 Å². The molecule has 1 aliphatic rings. The molecule has 3 rings (SSSR count). The Balaban J connectivity index is 1.57. The number of carbonyl (C=O) groups excluding carboxylic acids is 1. The summed E-state index contributed by atoms with van der Waals surface area (Å²) in [6, 6.07) is 7.42. The van der Waals surface area contributed by atoms with Crippen LogP contribution in [0.4, 0.5) is 21.6 Å². The Bertz CT molecular complexity index is 858. The number of hydrogen-bond donors (Lipinski definition) is 1. The van der Waals surface area contributed by atoms with Crippen molar-refractivity contribution in [1.29, 1.82) is 0 Å². The normalized spacial score (nSPS) is 14.8. The van der Waals surface area contributed by atoms with Crippen molar-refractivity contribution in [2.24, 2.45) is 0 Å². The van der Waals surface area contributed by atoms with E-state index < -0.39 is 10.7 Å². The number of rotatable bonds is 5. The maximum Gasteiger partial charge on any atom is 0.312 e. The van der Waals surface area contributed by atoms with Gasteiger partial charge in [-0.15, -0.1) is 0 Å². The number of carbonyl (C=O) groups is 1. The molecule has 1 fully saturated rings. The molecule has 0 unspecified atom stereocenters. The second kappa shape index (κ2) is 8.40. The van der Waals surface area contributed by atoms with Crippen molar-refractivity contribution >= 4 is 39.0 Å². The number of nitrogens with zero attached hydrogens (tertiary/aromatic N) is 4. The number of para-hydroxylation sites is 1. The molecule has 1 saturated heterocycles. The first-order valence-corrected chi connectivity index (χ1v) is 9.05. The molecule has 0 bridgehead atoms. The molecule has 142 valence electrons. The zero-order valence-corrected chi connectivity index (χ0v) is 15.9. The monoisotopic (exact) mass is 437 g/mol. The summed E-state index contributed by atoms with van der Waals surface area (Å²) in [4.78, 5) is 30.8. The fourth-order valence-corrected chi connectivity index (χ4v) is 3.19. The summed E-state index contributed by atoms with van der Waals surface area (Å²) in [5.74, 6) is -0.468. The van der Waals surface area contributed by atoms with Crippen LogP contribution in [-0.4, -0.2) is 53.4 Å². The van der Waals surface area contributed by atoms with E-state index in [0.717, 1.165) is 0 Å². The van der Waals surface area contributed by atoms with Gasteiger partial charge in [0, 0.05) is 42.9 Å². The van der Waals surface area contributed by atoms with Crippen LogP contribution in [0.2, 0.25) is 0 Å². The third-order valence-electron chi connectivity index (χ3n) is 4.20. The van der Waals surface area contributed by atoms with Gasteiger partial charge in [-0.3, -0.25) is 19.8 Å². The number of anilines is 2. The average Bonchev–Trinajstić information content (AvgIpc) is 2.64. The highest BCUT2D eigenvalue weighted by molar-refractivity contribution is 9.10. The van der Waals surface area contributed by atoms with Crippen molar-refractivity contribution < 1.29 is 14.1 Å². The molecule has 0 spiro atoms. The molecule has 2 heterocycles. The Kier molecular flexibility index (Phi) is 5.97. The van der Waals surface area contributed by atoms with Gasteiger partial charge in [-0.25, -0.2) is 9.37 Å². The minimum Gasteiger partial charge on any atom is -0.348 e. The lowest BCUT2D eigenvalue weighted by molar-refractivity contribution is -0.384. The Morgan fingerprint density at radius 1 is 1.30 bits per heavy atom. The summed E-state index contributed by atoms with van der Waals surface area (Å²) in [5.41, 5.74) is 0.0888. The number of benzene rings is 1. The predicted octanol–water partition coefficient (Wildman–Crippen LogP) is 2.65. The van der Waals surface area contributed by atoms with E-state index in [-0.39, 0.29) is 23.8 Å². The second-order valence-corrected chi connectivity index (χ2v) is 6.96. The summed E-state index contributed by atoms with van der Waals surface area (Å²) in [7, 11) is 0. The highest BCUT2D eigenvalue weighted by atomic mass is 79.9. The van der Waals surface area contributed by atoms with Crippen LogP contribution in [-0.2, 0) is 4.79 Å². The Hall–Kier alpha value is -2.59. The lowest BCUT2D eigenvalue weighted by atomic mass is 10.2. The Labute approximate surface area is 163 Å². The SMILES string of the molecule is O=C(CN1CCN(c2ncc(Br)cc2[N+](=O)[O-])CC1)Nc1ccccc1F. The molecule has 1 aliphatic heterocycles. The van der Waals surface area contributed by atoms with Crippen LogP contribution in [0.3, 0.4) is 0 Å². The molecule has 1 N–H and O–H groups in total. The van der Waals surface area contributed by atoms with E-state index in [1.807, 2.05) is 9.80 Å². The second-order valence-electron chi connectivity index (χ2n) is 6.04. The number of aromatic nitrogens is 1. The molecule has 0 radical (unpaired) electrons. The molecule has 27 heavy (non-hydrogen) atoms. The van der Waals surface area contributed by atoms with Crippen LogP contribution in [0.15, 0.2) is 41.0 Å². The molecule has 1 aromatic carbocycles. The zero-order chi connectivity index (χ0) is 19.4. The van der Waals surface area contributed by atoms with Gasteiger partial charge in [0.15, 0.2) is 0 Å². The first kappa shape index (κ1) is 19.2. The highest BCUT2D eigenvalue weighted by Gasteiger charge is 2.26. The van der Waals surface area contributed by atoms with E-state index in [9.17, 15) is 19.3 Å². The van der Waals surface area contributed by atoms with Crippen molar-refractivity contribution in [3.8, 4) is 0 Å². The van der Waals surface area contributed by atoms with Gasteiger partial charge >= 0.3 is 5.69 Å². The minimum atomic E-state index is -0.482. The molecular weight excluding hydrogens is 421 g/mol. The van der Waals surface area contributed by atoms with Crippen molar-refractivity contribution in [3.63, 3.8) is 0 Å². The van der Waals surface area contributed by atoms with Crippen LogP contribution in [0.5, 0.6) is 0 Å². The van der Waals surface area contributed by atoms with Gasteiger partial charge in [-0.1, -0.05) is 12.1 Å². The van der Waals surface area contributed by atoms with E-state index in [2.05, 4.69) is 26.2 Å². The molecule has 8 nitrogen and oxygen atoms in total. The number of nitrogens with one attached hydrogen (secondary N) is 1. The van der Waals surface area contributed by atoms with Crippen molar-refractivity contribution in [1.82, 2.24) is 9.88 Å². The minimum absolute atomic E-state index is 0.0601. The van der Waals surface area contributed by atoms with Crippen LogP contribution >= 0.6 is 15.9 Å². The first-order valence-electron chi connectivity index (χ1n) is 8.25. The third-order valence-corrected chi connectivity index (χ3v) is 4.63. The van der Waals surface area contributed by atoms with Gasteiger partial charge in [0.25, 0.3) is 0 Å². The third kappa shape index (κ3) is 4.77. The van der Waals surface area contributed by atoms with E-state index in [1.54, 1.807) is 12.1 Å². The topological polar surface area (TPSA) is 91.6 Å². The summed E-state index contributed by atoms with van der Waals surface area (Å²) >= 11 is 3.19. The number of hydrogen-bond acceptors (Lipinski definition) is 6. The quantitative estimate of drug-likeness (QED) is 0.570. The lowest BCUT2D eigenvalue weighted by Crippen LogP contribution is -2.49. The van der Waals surface area contributed by atoms with E-state index in [4.69, 9.17) is 0 Å². The molecule has 0 aliphatic carbocycles. The molecular formula is C17H17BrFN5O3. The molecule has 1 amide bonds. The van der Waals surface area contributed by atoms with Gasteiger partial charge in [-0.2, -0.15) is 0 Å². The van der Waals surface area contributed by atoms with Gasteiger partial charge < -0.3 is 10.2 Å². The average molecular weight is 438 g/mol. The van der Waals surface area contributed by atoms with Crippen molar-refractivity contribution in [2.75, 3.05) is 42.9 Å².